The quantitative estimate of drug-likeness (QED) is 0.797. The first-order valence-electron chi connectivity index (χ1n) is 7.85. The summed E-state index contributed by atoms with van der Waals surface area (Å²) < 4.78 is 7.94. The number of anilines is 1. The maximum Gasteiger partial charge on any atom is 0.139 e. The minimum atomic E-state index is -0.0521. The van der Waals surface area contributed by atoms with Crippen molar-refractivity contribution in [3.05, 3.63) is 35.5 Å². The molecule has 7 heteroatoms. The van der Waals surface area contributed by atoms with E-state index in [2.05, 4.69) is 33.7 Å². The fraction of sp³-hybridized carbons (Fsp3) is 0.438. The first-order valence-corrected chi connectivity index (χ1v) is 8.73. The smallest absolute Gasteiger partial charge is 0.139 e. The molecular formula is C16H19N5OS. The van der Waals surface area contributed by atoms with E-state index in [1.807, 2.05) is 24.0 Å². The zero-order chi connectivity index (χ0) is 15.8. The van der Waals surface area contributed by atoms with Gasteiger partial charge in [-0.25, -0.2) is 15.0 Å². The summed E-state index contributed by atoms with van der Waals surface area (Å²) in [6.07, 6.45) is 5.47. The Kier molecular flexibility index (Phi) is 3.74. The number of fused-ring (bicyclic) bond motifs is 1. The van der Waals surface area contributed by atoms with Gasteiger partial charge in [0.05, 0.1) is 11.4 Å². The fourth-order valence-corrected chi connectivity index (χ4v) is 3.77. The van der Waals surface area contributed by atoms with E-state index in [1.54, 1.807) is 11.3 Å². The molecule has 120 valence electrons. The monoisotopic (exact) mass is 329 g/mol. The van der Waals surface area contributed by atoms with E-state index in [4.69, 9.17) is 9.72 Å². The number of nitrogens with one attached hydrogen (secondary N) is 1. The van der Waals surface area contributed by atoms with Crippen LogP contribution in [0.4, 0.5) is 5.82 Å². The van der Waals surface area contributed by atoms with Crippen molar-refractivity contribution in [2.24, 2.45) is 7.05 Å². The Labute approximate surface area is 138 Å². The normalized spacial score (nSPS) is 21.1. The van der Waals surface area contributed by atoms with E-state index in [9.17, 15) is 0 Å². The molecule has 1 saturated heterocycles. The van der Waals surface area contributed by atoms with Crippen molar-refractivity contribution in [2.45, 2.75) is 31.9 Å². The molecule has 0 aromatic carbocycles. The van der Waals surface area contributed by atoms with E-state index in [-0.39, 0.29) is 12.1 Å². The lowest BCUT2D eigenvalue weighted by atomic mass is 10.1. The maximum absolute atomic E-state index is 5.93. The van der Waals surface area contributed by atoms with E-state index in [1.165, 1.54) is 0 Å². The van der Waals surface area contributed by atoms with Crippen LogP contribution in [0.2, 0.25) is 0 Å². The minimum Gasteiger partial charge on any atom is -0.368 e. The van der Waals surface area contributed by atoms with Crippen molar-refractivity contribution in [1.82, 2.24) is 19.5 Å². The molecule has 4 rings (SSSR count). The molecule has 1 aliphatic rings. The summed E-state index contributed by atoms with van der Waals surface area (Å²) in [7, 11) is 2.00. The van der Waals surface area contributed by atoms with Gasteiger partial charge >= 0.3 is 0 Å². The number of ether oxygens (including phenoxy) is 1. The number of rotatable bonds is 4. The molecule has 0 spiro atoms. The number of aromatic nitrogens is 4. The standard InChI is InChI=1S/C16H19N5OS/c1-3-12-19-14(10-5-9-23-16(10)20-12)18-11-4-8-22-13(11)15-17-6-7-21(15)2/h5-7,9,11,13H,3-4,8H2,1-2H3,(H,18,19,20)/t11-,13-/m0/s1. The van der Waals surface area contributed by atoms with Crippen molar-refractivity contribution in [3.63, 3.8) is 0 Å². The van der Waals surface area contributed by atoms with Gasteiger partial charge in [-0.15, -0.1) is 11.3 Å². The molecule has 0 amide bonds. The summed E-state index contributed by atoms with van der Waals surface area (Å²) in [4.78, 5) is 14.8. The molecule has 1 aliphatic heterocycles. The Hall–Kier alpha value is -1.99. The lowest BCUT2D eigenvalue weighted by Gasteiger charge is -2.20. The van der Waals surface area contributed by atoms with Crippen LogP contribution < -0.4 is 5.32 Å². The van der Waals surface area contributed by atoms with Crippen LogP contribution >= 0.6 is 11.3 Å². The van der Waals surface area contributed by atoms with Crippen molar-refractivity contribution in [2.75, 3.05) is 11.9 Å². The summed E-state index contributed by atoms with van der Waals surface area (Å²) in [5, 5.41) is 6.73. The number of hydrogen-bond donors (Lipinski definition) is 1. The van der Waals surface area contributed by atoms with Gasteiger partial charge in [-0.2, -0.15) is 0 Å². The second-order valence-electron chi connectivity index (χ2n) is 5.71. The Morgan fingerprint density at radius 1 is 1.43 bits per heavy atom. The molecule has 23 heavy (non-hydrogen) atoms. The predicted molar refractivity (Wildman–Crippen MR) is 90.7 cm³/mol. The Balaban J connectivity index is 1.67. The number of imidazole rings is 1. The van der Waals surface area contributed by atoms with Crippen LogP contribution in [-0.4, -0.2) is 32.2 Å². The third-order valence-corrected chi connectivity index (χ3v) is 5.02. The van der Waals surface area contributed by atoms with Crippen LogP contribution in [0.5, 0.6) is 0 Å². The maximum atomic E-state index is 5.93. The van der Waals surface area contributed by atoms with Gasteiger partial charge in [0, 0.05) is 32.5 Å². The van der Waals surface area contributed by atoms with Crippen molar-refractivity contribution < 1.29 is 4.74 Å². The van der Waals surface area contributed by atoms with Gasteiger partial charge < -0.3 is 14.6 Å². The molecule has 0 bridgehead atoms. The summed E-state index contributed by atoms with van der Waals surface area (Å²) in [6.45, 7) is 2.81. The molecule has 3 aromatic rings. The topological polar surface area (TPSA) is 64.9 Å². The molecule has 1 fully saturated rings. The number of nitrogens with zero attached hydrogens (tertiary/aromatic N) is 4. The number of thiophene rings is 1. The van der Waals surface area contributed by atoms with Crippen LogP contribution in [0, 0.1) is 0 Å². The molecular weight excluding hydrogens is 310 g/mol. The Bertz CT molecular complexity index is 827. The molecule has 0 saturated carbocycles. The summed E-state index contributed by atoms with van der Waals surface area (Å²) in [5.41, 5.74) is 0. The molecule has 1 N–H and O–H groups in total. The van der Waals surface area contributed by atoms with Crippen molar-refractivity contribution in [1.29, 1.82) is 0 Å². The Morgan fingerprint density at radius 2 is 2.35 bits per heavy atom. The molecule has 3 aromatic heterocycles. The third kappa shape index (κ3) is 2.60. The highest BCUT2D eigenvalue weighted by molar-refractivity contribution is 7.16. The summed E-state index contributed by atoms with van der Waals surface area (Å²) >= 11 is 1.65. The SMILES string of the molecule is CCc1nc(N[C@H]2CCO[C@@H]2c2nccn2C)c2ccsc2n1. The third-order valence-electron chi connectivity index (χ3n) is 4.21. The van der Waals surface area contributed by atoms with E-state index >= 15 is 0 Å². The molecule has 0 aliphatic carbocycles. The van der Waals surface area contributed by atoms with Crippen LogP contribution in [0.25, 0.3) is 10.2 Å². The number of aryl methyl sites for hydroxylation is 2. The highest BCUT2D eigenvalue weighted by Crippen LogP contribution is 2.32. The van der Waals surface area contributed by atoms with Gasteiger partial charge in [0.25, 0.3) is 0 Å². The van der Waals surface area contributed by atoms with Gasteiger partial charge in [0.15, 0.2) is 0 Å². The highest BCUT2D eigenvalue weighted by atomic mass is 32.1. The van der Waals surface area contributed by atoms with Gasteiger partial charge in [0.1, 0.15) is 28.4 Å². The van der Waals surface area contributed by atoms with E-state index in [0.29, 0.717) is 0 Å². The van der Waals surface area contributed by atoms with Gasteiger partial charge in [-0.1, -0.05) is 6.92 Å². The first-order chi connectivity index (χ1) is 11.3. The molecule has 2 atom stereocenters. The van der Waals surface area contributed by atoms with Crippen LogP contribution in [0.3, 0.4) is 0 Å². The van der Waals surface area contributed by atoms with Crippen molar-refractivity contribution in [3.8, 4) is 0 Å². The lowest BCUT2D eigenvalue weighted by Crippen LogP contribution is -2.26. The molecule has 0 radical (unpaired) electrons. The molecule has 0 unspecified atom stereocenters. The predicted octanol–water partition coefficient (Wildman–Crippen LogP) is 2.93. The Morgan fingerprint density at radius 3 is 3.13 bits per heavy atom. The number of hydrogen-bond acceptors (Lipinski definition) is 6. The second-order valence-corrected chi connectivity index (χ2v) is 6.60. The first kappa shape index (κ1) is 14.6. The highest BCUT2D eigenvalue weighted by Gasteiger charge is 2.33. The summed E-state index contributed by atoms with van der Waals surface area (Å²) in [6, 6.07) is 2.24. The van der Waals surface area contributed by atoms with Gasteiger partial charge in [0.2, 0.25) is 0 Å². The van der Waals surface area contributed by atoms with Crippen molar-refractivity contribution >= 4 is 27.4 Å². The minimum absolute atomic E-state index is 0.0521. The zero-order valence-corrected chi connectivity index (χ0v) is 14.0. The lowest BCUT2D eigenvalue weighted by molar-refractivity contribution is 0.0983. The average Bonchev–Trinajstić information content (AvgIpc) is 3.27. The summed E-state index contributed by atoms with van der Waals surface area (Å²) in [5.74, 6) is 2.73. The fourth-order valence-electron chi connectivity index (χ4n) is 2.99. The molecule has 6 nitrogen and oxygen atoms in total. The zero-order valence-electron chi connectivity index (χ0n) is 13.2. The van der Waals surface area contributed by atoms with Crippen LogP contribution in [0.1, 0.15) is 31.1 Å². The van der Waals surface area contributed by atoms with E-state index < -0.39 is 0 Å². The largest absolute Gasteiger partial charge is 0.368 e. The van der Waals surface area contributed by atoms with Crippen LogP contribution in [-0.2, 0) is 18.2 Å². The van der Waals surface area contributed by atoms with Gasteiger partial charge in [-0.3, -0.25) is 0 Å². The van der Waals surface area contributed by atoms with E-state index in [0.717, 1.165) is 47.1 Å². The van der Waals surface area contributed by atoms with Gasteiger partial charge in [-0.05, 0) is 17.9 Å². The molecule has 4 heterocycles. The second kappa shape index (κ2) is 5.90. The van der Waals surface area contributed by atoms with Crippen LogP contribution in [0.15, 0.2) is 23.8 Å². The average molecular weight is 329 g/mol.